The molecule has 0 spiro atoms. The van der Waals surface area contributed by atoms with Crippen molar-refractivity contribution in [3.8, 4) is 0 Å². The molecule has 3 nitrogen and oxygen atoms in total. The molecular weight excluding hydrogens is 212 g/mol. The second-order valence-corrected chi connectivity index (χ2v) is 2.66. The lowest BCUT2D eigenvalue weighted by Crippen LogP contribution is -1.84. The fourth-order valence-corrected chi connectivity index (χ4v) is 0.905. The number of carbonyl (C=O) groups is 1. The molecule has 0 aromatic carbocycles. The van der Waals surface area contributed by atoms with Crippen molar-refractivity contribution >= 4 is 28.0 Å². The van der Waals surface area contributed by atoms with E-state index >= 15 is 0 Å². The molecule has 1 rings (SSSR count). The molecule has 1 N–H and O–H groups in total. The Balaban J connectivity index is 2.79. The molecule has 1 aromatic rings. The van der Waals surface area contributed by atoms with E-state index in [1.165, 1.54) is 12.3 Å². The Kier molecular flexibility index (Phi) is 2.48. The van der Waals surface area contributed by atoms with Crippen LogP contribution in [0.1, 0.15) is 5.76 Å². The molecule has 0 unspecified atom stereocenters. The number of furan rings is 1. The molecule has 1 heterocycles. The number of carboxylic acids is 1. The average molecular weight is 217 g/mol. The second-order valence-electron chi connectivity index (χ2n) is 1.80. The van der Waals surface area contributed by atoms with E-state index in [0.29, 0.717) is 5.76 Å². The van der Waals surface area contributed by atoms with Crippen LogP contribution >= 0.6 is 15.9 Å². The third-order valence-electron chi connectivity index (χ3n) is 1.02. The van der Waals surface area contributed by atoms with Crippen molar-refractivity contribution < 1.29 is 14.3 Å². The van der Waals surface area contributed by atoms with E-state index in [9.17, 15) is 4.79 Å². The molecule has 0 aliphatic heterocycles. The molecule has 0 atom stereocenters. The van der Waals surface area contributed by atoms with Crippen molar-refractivity contribution in [1.82, 2.24) is 0 Å². The average Bonchev–Trinajstić information content (AvgIpc) is 2.31. The van der Waals surface area contributed by atoms with Crippen LogP contribution in [-0.2, 0) is 4.79 Å². The van der Waals surface area contributed by atoms with Gasteiger partial charge in [-0.25, -0.2) is 4.79 Å². The molecule has 0 saturated heterocycles. The summed E-state index contributed by atoms with van der Waals surface area (Å²) in [7, 11) is 0. The first-order valence-electron chi connectivity index (χ1n) is 2.84. The maximum absolute atomic E-state index is 10.1. The summed E-state index contributed by atoms with van der Waals surface area (Å²) in [5.74, 6) is -0.485. The lowest BCUT2D eigenvalue weighted by atomic mass is 10.4. The second kappa shape index (κ2) is 3.39. The Morgan fingerprint density at radius 1 is 1.73 bits per heavy atom. The van der Waals surface area contributed by atoms with E-state index in [-0.39, 0.29) is 0 Å². The summed E-state index contributed by atoms with van der Waals surface area (Å²) < 4.78 is 5.66. The zero-order valence-electron chi connectivity index (χ0n) is 5.45. The molecule has 0 saturated carbocycles. The zero-order chi connectivity index (χ0) is 8.27. The minimum absolute atomic E-state index is 0.507. The molecule has 0 aliphatic carbocycles. The highest BCUT2D eigenvalue weighted by molar-refractivity contribution is 9.10. The zero-order valence-corrected chi connectivity index (χ0v) is 7.04. The van der Waals surface area contributed by atoms with Crippen LogP contribution in [0.5, 0.6) is 0 Å². The molecule has 0 radical (unpaired) electrons. The van der Waals surface area contributed by atoms with Gasteiger partial charge in [0, 0.05) is 6.08 Å². The van der Waals surface area contributed by atoms with Crippen molar-refractivity contribution in [2.75, 3.05) is 0 Å². The molecule has 4 heteroatoms. The first kappa shape index (κ1) is 8.07. The third-order valence-corrected chi connectivity index (χ3v) is 1.68. The lowest BCUT2D eigenvalue weighted by Gasteiger charge is -1.83. The SMILES string of the molecule is O=C(O)C=Cc1occc1Br. The predicted molar refractivity (Wildman–Crippen MR) is 43.1 cm³/mol. The van der Waals surface area contributed by atoms with Gasteiger partial charge in [-0.2, -0.15) is 0 Å². The largest absolute Gasteiger partial charge is 0.478 e. The molecular formula is C7H5BrO3. The van der Waals surface area contributed by atoms with Crippen LogP contribution in [0.3, 0.4) is 0 Å². The summed E-state index contributed by atoms with van der Waals surface area (Å²) in [5, 5.41) is 8.26. The first-order chi connectivity index (χ1) is 5.20. The van der Waals surface area contributed by atoms with Crippen molar-refractivity contribution in [3.63, 3.8) is 0 Å². The predicted octanol–water partition coefficient (Wildman–Crippen LogP) is 2.14. The van der Waals surface area contributed by atoms with Crippen molar-refractivity contribution in [2.45, 2.75) is 0 Å². The Bertz CT molecular complexity index is 288. The smallest absolute Gasteiger partial charge is 0.328 e. The summed E-state index contributed by atoms with van der Waals surface area (Å²) in [6, 6.07) is 1.70. The van der Waals surface area contributed by atoms with Gasteiger partial charge in [0.05, 0.1) is 10.7 Å². The molecule has 0 fully saturated rings. The summed E-state index contributed by atoms with van der Waals surface area (Å²) in [5.41, 5.74) is 0. The highest BCUT2D eigenvalue weighted by Crippen LogP contribution is 2.18. The molecule has 58 valence electrons. The number of hydrogen-bond donors (Lipinski definition) is 1. The number of halogens is 1. The number of aliphatic carboxylic acids is 1. The molecule has 1 aromatic heterocycles. The fraction of sp³-hybridized carbons (Fsp3) is 0. The quantitative estimate of drug-likeness (QED) is 0.772. The Labute approximate surface area is 71.5 Å². The summed E-state index contributed by atoms with van der Waals surface area (Å²) in [4.78, 5) is 10.1. The van der Waals surface area contributed by atoms with Crippen molar-refractivity contribution in [1.29, 1.82) is 0 Å². The summed E-state index contributed by atoms with van der Waals surface area (Å²) >= 11 is 3.18. The van der Waals surface area contributed by atoms with E-state index in [0.717, 1.165) is 10.5 Å². The number of rotatable bonds is 2. The van der Waals surface area contributed by atoms with Gasteiger partial charge in [0.15, 0.2) is 0 Å². The molecule has 0 bridgehead atoms. The Morgan fingerprint density at radius 3 is 2.91 bits per heavy atom. The van der Waals surface area contributed by atoms with Crippen LogP contribution in [-0.4, -0.2) is 11.1 Å². The topological polar surface area (TPSA) is 50.4 Å². The van der Waals surface area contributed by atoms with Gasteiger partial charge in [-0.1, -0.05) is 0 Å². The van der Waals surface area contributed by atoms with E-state index in [4.69, 9.17) is 9.52 Å². The van der Waals surface area contributed by atoms with Gasteiger partial charge in [-0.3, -0.25) is 0 Å². The number of carboxylic acid groups (broad SMARTS) is 1. The van der Waals surface area contributed by atoms with Crippen molar-refractivity contribution in [2.24, 2.45) is 0 Å². The summed E-state index contributed by atoms with van der Waals surface area (Å²) in [6.07, 6.45) is 3.88. The van der Waals surface area contributed by atoms with Gasteiger partial charge in [0.2, 0.25) is 0 Å². The van der Waals surface area contributed by atoms with Gasteiger partial charge in [0.1, 0.15) is 5.76 Å². The monoisotopic (exact) mass is 216 g/mol. The van der Waals surface area contributed by atoms with Gasteiger partial charge in [0.25, 0.3) is 0 Å². The minimum Gasteiger partial charge on any atom is -0.478 e. The molecule has 0 aliphatic rings. The van der Waals surface area contributed by atoms with E-state index in [1.54, 1.807) is 6.07 Å². The van der Waals surface area contributed by atoms with Crippen LogP contribution in [0.4, 0.5) is 0 Å². The van der Waals surface area contributed by atoms with Crippen LogP contribution in [0.2, 0.25) is 0 Å². The first-order valence-corrected chi connectivity index (χ1v) is 3.63. The lowest BCUT2D eigenvalue weighted by molar-refractivity contribution is -0.131. The van der Waals surface area contributed by atoms with Crippen LogP contribution in [0.25, 0.3) is 6.08 Å². The molecule has 11 heavy (non-hydrogen) atoms. The maximum Gasteiger partial charge on any atom is 0.328 e. The maximum atomic E-state index is 10.1. The Hall–Kier alpha value is -1.03. The van der Waals surface area contributed by atoms with Crippen LogP contribution in [0.15, 0.2) is 27.3 Å². The van der Waals surface area contributed by atoms with Crippen LogP contribution in [0, 0.1) is 0 Å². The fourth-order valence-electron chi connectivity index (χ4n) is 0.571. The highest BCUT2D eigenvalue weighted by atomic mass is 79.9. The molecule has 0 amide bonds. The Morgan fingerprint density at radius 2 is 2.45 bits per heavy atom. The van der Waals surface area contributed by atoms with E-state index in [2.05, 4.69) is 15.9 Å². The number of hydrogen-bond acceptors (Lipinski definition) is 2. The van der Waals surface area contributed by atoms with Gasteiger partial charge in [-0.05, 0) is 28.1 Å². The van der Waals surface area contributed by atoms with Gasteiger partial charge >= 0.3 is 5.97 Å². The van der Waals surface area contributed by atoms with E-state index < -0.39 is 5.97 Å². The standard InChI is InChI=1S/C7H5BrO3/c8-5-3-4-11-6(5)1-2-7(9)10/h1-4H,(H,9,10). The van der Waals surface area contributed by atoms with Gasteiger partial charge < -0.3 is 9.52 Å². The third kappa shape index (κ3) is 2.23. The van der Waals surface area contributed by atoms with Crippen LogP contribution < -0.4 is 0 Å². The van der Waals surface area contributed by atoms with Gasteiger partial charge in [-0.15, -0.1) is 0 Å². The summed E-state index contributed by atoms with van der Waals surface area (Å²) in [6.45, 7) is 0. The van der Waals surface area contributed by atoms with E-state index in [1.807, 2.05) is 0 Å². The highest BCUT2D eigenvalue weighted by Gasteiger charge is 1.97. The normalized spacial score (nSPS) is 10.6. The van der Waals surface area contributed by atoms with Crippen molar-refractivity contribution in [3.05, 3.63) is 28.6 Å². The minimum atomic E-state index is -0.992.